The van der Waals surface area contributed by atoms with Gasteiger partial charge < -0.3 is 4.42 Å². The molecule has 1 heterocycles. The third-order valence-corrected chi connectivity index (χ3v) is 4.44. The van der Waals surface area contributed by atoms with Gasteiger partial charge in [0.1, 0.15) is 11.3 Å². The highest BCUT2D eigenvalue weighted by molar-refractivity contribution is 7.85. The molecule has 2 nitrogen and oxygen atoms in total. The van der Waals surface area contributed by atoms with Crippen molar-refractivity contribution in [1.29, 1.82) is 0 Å². The Hall–Kier alpha value is -1.87. The summed E-state index contributed by atoms with van der Waals surface area (Å²) in [5.41, 5.74) is 0.786. The van der Waals surface area contributed by atoms with Gasteiger partial charge in [0.25, 0.3) is 0 Å². The lowest BCUT2D eigenvalue weighted by Crippen LogP contribution is -1.93. The Bertz CT molecular complexity index is 714. The van der Waals surface area contributed by atoms with Crippen molar-refractivity contribution in [3.63, 3.8) is 0 Å². The molecule has 18 heavy (non-hydrogen) atoms. The van der Waals surface area contributed by atoms with Gasteiger partial charge in [-0.2, -0.15) is 0 Å². The smallest absolute Gasteiger partial charge is 0.135 e. The van der Waals surface area contributed by atoms with E-state index in [1.54, 1.807) is 0 Å². The minimum absolute atomic E-state index is 0.721. The van der Waals surface area contributed by atoms with Crippen molar-refractivity contribution in [2.75, 3.05) is 0 Å². The van der Waals surface area contributed by atoms with Gasteiger partial charge in [-0.3, -0.25) is 0 Å². The lowest BCUT2D eigenvalue weighted by Gasteiger charge is -2.00. The lowest BCUT2D eigenvalue weighted by molar-refractivity contribution is 0.566. The quantitative estimate of drug-likeness (QED) is 0.696. The monoisotopic (exact) mass is 256 g/mol. The predicted molar refractivity (Wildman–Crippen MR) is 72.1 cm³/mol. The van der Waals surface area contributed by atoms with E-state index in [-0.39, 0.29) is 0 Å². The van der Waals surface area contributed by atoms with Crippen LogP contribution < -0.4 is 0 Å². The first-order valence-corrected chi connectivity index (χ1v) is 6.87. The molecule has 3 aromatic rings. The first-order chi connectivity index (χ1) is 8.77. The summed E-state index contributed by atoms with van der Waals surface area (Å²) in [4.78, 5) is 1.57. The summed E-state index contributed by atoms with van der Waals surface area (Å²) in [5, 5.41) is 0.928. The summed E-state index contributed by atoms with van der Waals surface area (Å²) in [6, 6.07) is 17.1. The molecule has 0 bridgehead atoms. The fourth-order valence-electron chi connectivity index (χ4n) is 2.04. The number of hydrogen-bond acceptors (Lipinski definition) is 2. The fraction of sp³-hybridized carbons (Fsp3) is 0.0667. The van der Waals surface area contributed by atoms with Crippen LogP contribution in [0, 0.1) is 6.92 Å². The SMILES string of the molecule is Cc1oc2ccccc2c1[S@@](=O)c1ccccc1. The van der Waals surface area contributed by atoms with Crippen LogP contribution in [0.2, 0.25) is 0 Å². The molecule has 0 spiro atoms. The van der Waals surface area contributed by atoms with Crippen LogP contribution in [0.5, 0.6) is 0 Å². The highest BCUT2D eigenvalue weighted by Crippen LogP contribution is 2.30. The number of benzene rings is 2. The molecule has 2 aromatic carbocycles. The average Bonchev–Trinajstić information content (AvgIpc) is 2.75. The van der Waals surface area contributed by atoms with Gasteiger partial charge in [0.15, 0.2) is 0 Å². The van der Waals surface area contributed by atoms with Crippen LogP contribution in [0.1, 0.15) is 5.76 Å². The van der Waals surface area contributed by atoms with E-state index in [0.717, 1.165) is 26.5 Å². The fourth-order valence-corrected chi connectivity index (χ4v) is 3.35. The molecule has 0 aliphatic carbocycles. The van der Waals surface area contributed by atoms with Crippen LogP contribution in [0.25, 0.3) is 11.0 Å². The number of aryl methyl sites for hydroxylation is 1. The average molecular weight is 256 g/mol. The van der Waals surface area contributed by atoms with E-state index in [9.17, 15) is 4.21 Å². The molecule has 1 atom stereocenters. The van der Waals surface area contributed by atoms with Gasteiger partial charge in [0.05, 0.1) is 15.7 Å². The number of hydrogen-bond donors (Lipinski definition) is 0. The first kappa shape index (κ1) is 11.2. The summed E-state index contributed by atoms with van der Waals surface area (Å²) in [7, 11) is -1.20. The Morgan fingerprint density at radius 2 is 1.61 bits per heavy atom. The summed E-state index contributed by atoms with van der Waals surface area (Å²) < 4.78 is 18.2. The maximum atomic E-state index is 12.6. The molecule has 0 aliphatic rings. The minimum atomic E-state index is -1.20. The normalized spacial score (nSPS) is 12.7. The van der Waals surface area contributed by atoms with E-state index in [4.69, 9.17) is 4.42 Å². The van der Waals surface area contributed by atoms with Crippen LogP contribution >= 0.6 is 0 Å². The van der Waals surface area contributed by atoms with E-state index < -0.39 is 10.8 Å². The van der Waals surface area contributed by atoms with E-state index >= 15 is 0 Å². The van der Waals surface area contributed by atoms with Crippen molar-refractivity contribution in [3.8, 4) is 0 Å². The highest BCUT2D eigenvalue weighted by Gasteiger charge is 2.17. The molecule has 1 aromatic heterocycles. The van der Waals surface area contributed by atoms with Crippen molar-refractivity contribution >= 4 is 21.8 Å². The Balaban J connectivity index is 2.21. The van der Waals surface area contributed by atoms with Crippen LogP contribution in [-0.4, -0.2) is 4.21 Å². The predicted octanol–water partition coefficient (Wildman–Crippen LogP) is 3.91. The lowest BCUT2D eigenvalue weighted by atomic mass is 10.2. The second kappa shape index (κ2) is 4.42. The molecule has 0 saturated heterocycles. The van der Waals surface area contributed by atoms with E-state index in [1.165, 1.54) is 0 Å². The maximum absolute atomic E-state index is 12.6. The Morgan fingerprint density at radius 3 is 2.39 bits per heavy atom. The molecule has 0 aliphatic heterocycles. The third-order valence-electron chi connectivity index (χ3n) is 2.86. The largest absolute Gasteiger partial charge is 0.460 e. The highest BCUT2D eigenvalue weighted by atomic mass is 32.2. The van der Waals surface area contributed by atoms with Crippen LogP contribution in [0.3, 0.4) is 0 Å². The van der Waals surface area contributed by atoms with Gasteiger partial charge in [-0.15, -0.1) is 0 Å². The van der Waals surface area contributed by atoms with Crippen LogP contribution in [0.15, 0.2) is 68.8 Å². The molecule has 0 saturated carbocycles. The van der Waals surface area contributed by atoms with Crippen LogP contribution in [-0.2, 0) is 10.8 Å². The zero-order chi connectivity index (χ0) is 12.5. The molecule has 3 rings (SSSR count). The second-order valence-electron chi connectivity index (χ2n) is 4.07. The van der Waals surface area contributed by atoms with Crippen molar-refractivity contribution in [3.05, 3.63) is 60.4 Å². The van der Waals surface area contributed by atoms with Crippen molar-refractivity contribution in [2.45, 2.75) is 16.7 Å². The number of para-hydroxylation sites is 1. The van der Waals surface area contributed by atoms with Gasteiger partial charge in [-0.05, 0) is 31.2 Å². The molecule has 3 heteroatoms. The second-order valence-corrected chi connectivity index (χ2v) is 5.48. The first-order valence-electron chi connectivity index (χ1n) is 5.72. The third kappa shape index (κ3) is 1.77. The van der Waals surface area contributed by atoms with Gasteiger partial charge in [-0.1, -0.05) is 30.3 Å². The molecule has 0 radical (unpaired) electrons. The zero-order valence-electron chi connectivity index (χ0n) is 9.92. The maximum Gasteiger partial charge on any atom is 0.135 e. The number of rotatable bonds is 2. The van der Waals surface area contributed by atoms with E-state index in [1.807, 2.05) is 61.5 Å². The standard InChI is InChI=1S/C15H12O2S/c1-11-15(13-9-5-6-10-14(13)17-11)18(16)12-7-3-2-4-8-12/h2-10H,1H3/t18-/m0/s1. The van der Waals surface area contributed by atoms with E-state index in [2.05, 4.69) is 0 Å². The summed E-state index contributed by atoms with van der Waals surface area (Å²) in [6.45, 7) is 1.86. The van der Waals surface area contributed by atoms with E-state index in [0.29, 0.717) is 0 Å². The van der Waals surface area contributed by atoms with Crippen molar-refractivity contribution < 1.29 is 8.63 Å². The zero-order valence-corrected chi connectivity index (χ0v) is 10.7. The number of furan rings is 1. The molecule has 0 amide bonds. The topological polar surface area (TPSA) is 30.2 Å². The Kier molecular flexibility index (Phi) is 2.76. The van der Waals surface area contributed by atoms with Gasteiger partial charge >= 0.3 is 0 Å². The molecule has 90 valence electrons. The summed E-state index contributed by atoms with van der Waals surface area (Å²) >= 11 is 0. The van der Waals surface area contributed by atoms with Crippen LogP contribution in [0.4, 0.5) is 0 Å². The molecular formula is C15H12O2S. The summed E-state index contributed by atoms with van der Waals surface area (Å²) in [5.74, 6) is 0.721. The Morgan fingerprint density at radius 1 is 0.944 bits per heavy atom. The van der Waals surface area contributed by atoms with Gasteiger partial charge in [0, 0.05) is 10.3 Å². The molecular weight excluding hydrogens is 244 g/mol. The molecule has 0 N–H and O–H groups in total. The Labute approximate surface area is 108 Å². The molecule has 0 unspecified atom stereocenters. The molecule has 0 fully saturated rings. The van der Waals surface area contributed by atoms with Gasteiger partial charge in [-0.25, -0.2) is 4.21 Å². The minimum Gasteiger partial charge on any atom is -0.460 e. The van der Waals surface area contributed by atoms with Gasteiger partial charge in [0.2, 0.25) is 0 Å². The van der Waals surface area contributed by atoms with Crippen molar-refractivity contribution in [2.24, 2.45) is 0 Å². The number of fused-ring (bicyclic) bond motifs is 1. The van der Waals surface area contributed by atoms with Crippen molar-refractivity contribution in [1.82, 2.24) is 0 Å². The summed E-state index contributed by atoms with van der Waals surface area (Å²) in [6.07, 6.45) is 0.